The normalized spacial score (nSPS) is 17.6. The number of aryl methyl sites for hydroxylation is 1. The molecule has 104 valence electrons. The van der Waals surface area contributed by atoms with Crippen LogP contribution in [0.1, 0.15) is 35.6 Å². The molecule has 0 bridgehead atoms. The van der Waals surface area contributed by atoms with Crippen molar-refractivity contribution in [2.24, 2.45) is 0 Å². The third kappa shape index (κ3) is 1.97. The highest BCUT2D eigenvalue weighted by Crippen LogP contribution is 2.41. The molecule has 2 aromatic heterocycles. The molecule has 2 heterocycles. The molecule has 21 heavy (non-hydrogen) atoms. The molecule has 3 aromatic rings. The number of hydrogen-bond donors (Lipinski definition) is 1. The van der Waals surface area contributed by atoms with Crippen LogP contribution in [0, 0.1) is 0 Å². The lowest BCUT2D eigenvalue weighted by molar-refractivity contribution is 0.606. The summed E-state index contributed by atoms with van der Waals surface area (Å²) < 4.78 is 0. The molecule has 1 aliphatic carbocycles. The number of nitrogens with zero attached hydrogens (tertiary/aromatic N) is 2. The molecule has 0 saturated heterocycles. The highest BCUT2D eigenvalue weighted by atomic mass is 14.7. The van der Waals surface area contributed by atoms with Crippen LogP contribution in [0.2, 0.25) is 0 Å². The second kappa shape index (κ2) is 4.85. The van der Waals surface area contributed by atoms with Crippen LogP contribution in [0.25, 0.3) is 10.9 Å². The average molecular weight is 275 g/mol. The maximum atomic E-state index is 6.51. The number of anilines is 1. The molecule has 0 amide bonds. The van der Waals surface area contributed by atoms with Gasteiger partial charge in [-0.05, 0) is 37.0 Å². The lowest BCUT2D eigenvalue weighted by atomic mass is 9.80. The van der Waals surface area contributed by atoms with Crippen molar-refractivity contribution < 1.29 is 0 Å². The Labute approximate surface area is 123 Å². The molecule has 0 spiro atoms. The summed E-state index contributed by atoms with van der Waals surface area (Å²) in [5.41, 5.74) is 12.0. The van der Waals surface area contributed by atoms with Gasteiger partial charge in [0.15, 0.2) is 0 Å². The monoisotopic (exact) mass is 275 g/mol. The van der Waals surface area contributed by atoms with Crippen LogP contribution in [0.5, 0.6) is 0 Å². The van der Waals surface area contributed by atoms with Crippen LogP contribution in [-0.2, 0) is 6.42 Å². The maximum Gasteiger partial charge on any atom is 0.0726 e. The minimum Gasteiger partial charge on any atom is -0.398 e. The minimum absolute atomic E-state index is 0.319. The van der Waals surface area contributed by atoms with Crippen LogP contribution in [0.3, 0.4) is 0 Å². The second-order valence-electron chi connectivity index (χ2n) is 5.63. The summed E-state index contributed by atoms with van der Waals surface area (Å²) in [7, 11) is 0. The SMILES string of the molecule is Nc1c2c(nc3ccccc13)CCCC2c1cccnc1. The van der Waals surface area contributed by atoms with E-state index in [4.69, 9.17) is 10.7 Å². The summed E-state index contributed by atoms with van der Waals surface area (Å²) >= 11 is 0. The van der Waals surface area contributed by atoms with Gasteiger partial charge >= 0.3 is 0 Å². The molecular formula is C18H17N3. The van der Waals surface area contributed by atoms with Crippen LogP contribution >= 0.6 is 0 Å². The fourth-order valence-electron chi connectivity index (χ4n) is 3.42. The van der Waals surface area contributed by atoms with E-state index in [1.165, 1.54) is 11.1 Å². The zero-order valence-electron chi connectivity index (χ0n) is 11.8. The van der Waals surface area contributed by atoms with E-state index in [0.717, 1.165) is 41.5 Å². The number of fused-ring (bicyclic) bond motifs is 2. The van der Waals surface area contributed by atoms with Crippen molar-refractivity contribution in [3.63, 3.8) is 0 Å². The third-order valence-electron chi connectivity index (χ3n) is 4.39. The number of benzene rings is 1. The van der Waals surface area contributed by atoms with E-state index in [0.29, 0.717) is 5.92 Å². The van der Waals surface area contributed by atoms with Gasteiger partial charge in [0.05, 0.1) is 5.52 Å². The first kappa shape index (κ1) is 12.3. The fourth-order valence-corrected chi connectivity index (χ4v) is 3.42. The highest BCUT2D eigenvalue weighted by molar-refractivity contribution is 5.92. The summed E-state index contributed by atoms with van der Waals surface area (Å²) in [6.45, 7) is 0. The van der Waals surface area contributed by atoms with Gasteiger partial charge in [0.2, 0.25) is 0 Å². The van der Waals surface area contributed by atoms with Crippen LogP contribution < -0.4 is 5.73 Å². The zero-order valence-corrected chi connectivity index (χ0v) is 11.8. The molecule has 3 heteroatoms. The van der Waals surface area contributed by atoms with Gasteiger partial charge in [-0.1, -0.05) is 24.3 Å². The largest absolute Gasteiger partial charge is 0.398 e. The number of rotatable bonds is 1. The number of hydrogen-bond acceptors (Lipinski definition) is 3. The number of nitrogens with two attached hydrogens (primary N) is 1. The summed E-state index contributed by atoms with van der Waals surface area (Å²) in [5.74, 6) is 0.319. The Kier molecular flexibility index (Phi) is 2.85. The topological polar surface area (TPSA) is 51.8 Å². The van der Waals surface area contributed by atoms with E-state index < -0.39 is 0 Å². The average Bonchev–Trinajstić information content (AvgIpc) is 2.55. The lowest BCUT2D eigenvalue weighted by Crippen LogP contribution is -2.15. The van der Waals surface area contributed by atoms with Crippen LogP contribution in [0.4, 0.5) is 5.69 Å². The Balaban J connectivity index is 1.97. The van der Waals surface area contributed by atoms with Crippen molar-refractivity contribution in [1.82, 2.24) is 9.97 Å². The van der Waals surface area contributed by atoms with Gasteiger partial charge in [-0.2, -0.15) is 0 Å². The summed E-state index contributed by atoms with van der Waals surface area (Å²) in [4.78, 5) is 9.12. The fraction of sp³-hybridized carbons (Fsp3) is 0.222. The van der Waals surface area contributed by atoms with E-state index in [9.17, 15) is 0 Å². The predicted octanol–water partition coefficient (Wildman–Crippen LogP) is 3.68. The van der Waals surface area contributed by atoms with Crippen molar-refractivity contribution in [2.45, 2.75) is 25.2 Å². The summed E-state index contributed by atoms with van der Waals surface area (Å²) in [6.07, 6.45) is 7.05. The lowest BCUT2D eigenvalue weighted by Gasteiger charge is -2.27. The van der Waals surface area contributed by atoms with Gasteiger partial charge in [-0.25, -0.2) is 0 Å². The van der Waals surface area contributed by atoms with E-state index in [-0.39, 0.29) is 0 Å². The Hall–Kier alpha value is -2.42. The Bertz CT molecular complexity index is 796. The molecule has 1 aliphatic rings. The predicted molar refractivity (Wildman–Crippen MR) is 85.2 cm³/mol. The molecule has 2 N–H and O–H groups in total. The molecule has 1 aromatic carbocycles. The first-order valence-electron chi connectivity index (χ1n) is 7.41. The maximum absolute atomic E-state index is 6.51. The van der Waals surface area contributed by atoms with E-state index in [1.54, 1.807) is 0 Å². The van der Waals surface area contributed by atoms with Gasteiger partial charge < -0.3 is 5.73 Å². The van der Waals surface area contributed by atoms with E-state index in [1.807, 2.05) is 36.7 Å². The molecule has 1 atom stereocenters. The van der Waals surface area contributed by atoms with Gasteiger partial charge in [0, 0.05) is 40.6 Å². The van der Waals surface area contributed by atoms with Gasteiger partial charge in [-0.3, -0.25) is 9.97 Å². The molecule has 4 rings (SSSR count). The van der Waals surface area contributed by atoms with Crippen molar-refractivity contribution in [3.05, 3.63) is 65.6 Å². The van der Waals surface area contributed by atoms with Gasteiger partial charge in [0.1, 0.15) is 0 Å². The Morgan fingerprint density at radius 1 is 1.10 bits per heavy atom. The number of aromatic nitrogens is 2. The first-order chi connectivity index (χ1) is 10.3. The number of nitrogen functional groups attached to an aromatic ring is 1. The smallest absolute Gasteiger partial charge is 0.0726 e. The standard InChI is InChI=1S/C18H17N3/c19-18-14-6-1-2-8-15(14)21-16-9-3-7-13(17(16)18)12-5-4-10-20-11-12/h1-2,4-6,8,10-11,13H,3,7,9H2,(H2,19,21). The molecule has 3 nitrogen and oxygen atoms in total. The number of pyridine rings is 2. The Morgan fingerprint density at radius 2 is 2.00 bits per heavy atom. The quantitative estimate of drug-likeness (QED) is 0.737. The summed E-state index contributed by atoms with van der Waals surface area (Å²) in [6, 6.07) is 12.3. The van der Waals surface area contributed by atoms with Crippen LogP contribution in [-0.4, -0.2) is 9.97 Å². The molecule has 1 unspecified atom stereocenters. The van der Waals surface area contributed by atoms with Gasteiger partial charge in [0.25, 0.3) is 0 Å². The van der Waals surface area contributed by atoms with Crippen molar-refractivity contribution in [3.8, 4) is 0 Å². The highest BCUT2D eigenvalue weighted by Gasteiger charge is 2.26. The van der Waals surface area contributed by atoms with Crippen molar-refractivity contribution >= 4 is 16.6 Å². The molecule has 0 radical (unpaired) electrons. The first-order valence-corrected chi connectivity index (χ1v) is 7.41. The van der Waals surface area contributed by atoms with E-state index >= 15 is 0 Å². The minimum atomic E-state index is 0.319. The molecule has 0 saturated carbocycles. The van der Waals surface area contributed by atoms with Crippen LogP contribution in [0.15, 0.2) is 48.8 Å². The second-order valence-corrected chi connectivity index (χ2v) is 5.63. The molecular weight excluding hydrogens is 258 g/mol. The third-order valence-corrected chi connectivity index (χ3v) is 4.39. The molecule has 0 fully saturated rings. The van der Waals surface area contributed by atoms with Crippen molar-refractivity contribution in [1.29, 1.82) is 0 Å². The summed E-state index contributed by atoms with van der Waals surface area (Å²) in [5, 5.41) is 1.06. The number of para-hydroxylation sites is 1. The zero-order chi connectivity index (χ0) is 14.2. The Morgan fingerprint density at radius 3 is 2.86 bits per heavy atom. The van der Waals surface area contributed by atoms with Gasteiger partial charge in [-0.15, -0.1) is 0 Å². The van der Waals surface area contributed by atoms with E-state index in [2.05, 4.69) is 17.1 Å². The molecule has 0 aliphatic heterocycles. The van der Waals surface area contributed by atoms with Crippen molar-refractivity contribution in [2.75, 3.05) is 5.73 Å².